The fourth-order valence-corrected chi connectivity index (χ4v) is 5.26. The first-order valence-electron chi connectivity index (χ1n) is 15.8. The second kappa shape index (κ2) is 25.1. The Morgan fingerprint density at radius 3 is 0.970 bits per heavy atom. The molecule has 0 N–H and O–H groups in total. The summed E-state index contributed by atoms with van der Waals surface area (Å²) in [5.41, 5.74) is 0.382. The molecule has 0 bridgehead atoms. The summed E-state index contributed by atoms with van der Waals surface area (Å²) < 4.78 is 0. The van der Waals surface area contributed by atoms with Gasteiger partial charge in [0.15, 0.2) is 0 Å². The molecule has 0 fully saturated rings. The van der Waals surface area contributed by atoms with Crippen molar-refractivity contribution < 1.29 is 0 Å². The van der Waals surface area contributed by atoms with Gasteiger partial charge in [0, 0.05) is 5.54 Å². The zero-order valence-corrected chi connectivity index (χ0v) is 24.3. The van der Waals surface area contributed by atoms with Crippen LogP contribution in [0, 0.1) is 0 Å². The van der Waals surface area contributed by atoms with E-state index in [9.17, 15) is 0 Å². The normalized spacial score (nSPS) is 12.2. The third-order valence-corrected chi connectivity index (χ3v) is 7.81. The fraction of sp³-hybridized carbons (Fsp3) is 1.00. The van der Waals surface area contributed by atoms with E-state index in [0.717, 1.165) is 0 Å². The molecule has 0 saturated heterocycles. The Bertz CT molecular complexity index is 348. The average molecular weight is 466 g/mol. The zero-order chi connectivity index (χ0) is 24.5. The van der Waals surface area contributed by atoms with Crippen molar-refractivity contribution in [2.24, 2.45) is 0 Å². The van der Waals surface area contributed by atoms with Crippen LogP contribution in [0.1, 0.15) is 189 Å². The second-order valence-electron chi connectivity index (χ2n) is 11.6. The summed E-state index contributed by atoms with van der Waals surface area (Å²) in [5.74, 6) is 0. The van der Waals surface area contributed by atoms with E-state index in [1.807, 2.05) is 0 Å². The van der Waals surface area contributed by atoms with Gasteiger partial charge in [0.2, 0.25) is 0 Å². The minimum atomic E-state index is 0.382. The molecule has 1 nitrogen and oxygen atoms in total. The van der Waals surface area contributed by atoms with Crippen LogP contribution < -0.4 is 0 Å². The van der Waals surface area contributed by atoms with E-state index < -0.39 is 0 Å². The lowest BCUT2D eigenvalue weighted by Crippen LogP contribution is -2.45. The molecular formula is C32H67N. The Labute approximate surface area is 212 Å². The molecule has 0 saturated carbocycles. The maximum Gasteiger partial charge on any atom is 0.0153 e. The van der Waals surface area contributed by atoms with Crippen molar-refractivity contribution in [2.45, 2.75) is 194 Å². The number of unbranched alkanes of at least 4 members (excludes halogenated alkanes) is 20. The van der Waals surface area contributed by atoms with Gasteiger partial charge < -0.3 is 0 Å². The average Bonchev–Trinajstić information content (AvgIpc) is 2.80. The van der Waals surface area contributed by atoms with Crippen molar-refractivity contribution in [3.05, 3.63) is 0 Å². The highest BCUT2D eigenvalue weighted by atomic mass is 15.2. The van der Waals surface area contributed by atoms with E-state index >= 15 is 0 Å². The lowest BCUT2D eigenvalue weighted by atomic mass is 9.93. The smallest absolute Gasteiger partial charge is 0.0153 e. The topological polar surface area (TPSA) is 3.24 Å². The third kappa shape index (κ3) is 22.2. The standard InChI is InChI=1S/C32H67N/c1-6-9-12-15-16-17-18-19-20-21-22-23-26-29-32(4,5)33(30-27-24-13-10-7-2)31-28-25-14-11-8-3/h6-31H2,1-5H3. The molecule has 0 aromatic heterocycles. The van der Waals surface area contributed by atoms with Crippen molar-refractivity contribution in [1.82, 2.24) is 4.90 Å². The molecule has 0 aromatic rings. The molecule has 0 amide bonds. The lowest BCUT2D eigenvalue weighted by molar-refractivity contribution is 0.102. The molecule has 0 aliphatic heterocycles. The summed E-state index contributed by atoms with van der Waals surface area (Å²) in [6.07, 6.45) is 34.3. The van der Waals surface area contributed by atoms with Crippen molar-refractivity contribution in [2.75, 3.05) is 13.1 Å². The van der Waals surface area contributed by atoms with Gasteiger partial charge in [0.1, 0.15) is 0 Å². The molecule has 0 spiro atoms. The largest absolute Gasteiger partial charge is 0.298 e. The minimum absolute atomic E-state index is 0.382. The van der Waals surface area contributed by atoms with Crippen LogP contribution >= 0.6 is 0 Å². The number of nitrogens with zero attached hydrogens (tertiary/aromatic N) is 1. The molecule has 0 heterocycles. The van der Waals surface area contributed by atoms with Crippen LogP contribution in [0.4, 0.5) is 0 Å². The van der Waals surface area contributed by atoms with Crippen LogP contribution in [0.2, 0.25) is 0 Å². The molecular weight excluding hydrogens is 398 g/mol. The highest BCUT2D eigenvalue weighted by molar-refractivity contribution is 4.81. The van der Waals surface area contributed by atoms with Gasteiger partial charge in [-0.25, -0.2) is 0 Å². The van der Waals surface area contributed by atoms with Crippen LogP contribution in [0.3, 0.4) is 0 Å². The van der Waals surface area contributed by atoms with Gasteiger partial charge in [0.25, 0.3) is 0 Å². The summed E-state index contributed by atoms with van der Waals surface area (Å²) in [6.45, 7) is 14.7. The Kier molecular flexibility index (Phi) is 25.0. The van der Waals surface area contributed by atoms with Gasteiger partial charge in [-0.05, 0) is 46.2 Å². The molecule has 0 aliphatic carbocycles. The van der Waals surface area contributed by atoms with E-state index in [4.69, 9.17) is 0 Å². The van der Waals surface area contributed by atoms with Crippen molar-refractivity contribution in [3.8, 4) is 0 Å². The van der Waals surface area contributed by atoms with Gasteiger partial charge in [-0.1, -0.05) is 156 Å². The molecule has 200 valence electrons. The minimum Gasteiger partial charge on any atom is -0.298 e. The van der Waals surface area contributed by atoms with Gasteiger partial charge in [0.05, 0.1) is 0 Å². The molecule has 0 aliphatic rings. The monoisotopic (exact) mass is 466 g/mol. The van der Waals surface area contributed by atoms with Crippen molar-refractivity contribution >= 4 is 0 Å². The summed E-state index contributed by atoms with van der Waals surface area (Å²) in [4.78, 5) is 2.87. The number of hydrogen-bond acceptors (Lipinski definition) is 1. The SMILES string of the molecule is CCCCCCCCCCCCCCCC(C)(C)N(CCCCCCC)CCCCCCC. The molecule has 1 heteroatoms. The lowest BCUT2D eigenvalue weighted by Gasteiger charge is -2.39. The Morgan fingerprint density at radius 1 is 0.364 bits per heavy atom. The zero-order valence-electron chi connectivity index (χ0n) is 24.3. The summed E-state index contributed by atoms with van der Waals surface area (Å²) in [5, 5.41) is 0. The summed E-state index contributed by atoms with van der Waals surface area (Å²) in [7, 11) is 0. The molecule has 0 aromatic carbocycles. The van der Waals surface area contributed by atoms with Gasteiger partial charge in [-0.3, -0.25) is 4.90 Å². The van der Waals surface area contributed by atoms with Crippen LogP contribution in [0.15, 0.2) is 0 Å². The molecule has 0 rings (SSSR count). The molecule has 33 heavy (non-hydrogen) atoms. The van der Waals surface area contributed by atoms with E-state index in [1.165, 1.54) is 167 Å². The predicted octanol–water partition coefficient (Wildman–Crippen LogP) is 11.5. The van der Waals surface area contributed by atoms with E-state index in [2.05, 4.69) is 39.5 Å². The first kappa shape index (κ1) is 33.0. The van der Waals surface area contributed by atoms with E-state index in [1.54, 1.807) is 0 Å². The Hall–Kier alpha value is -0.0400. The highest BCUT2D eigenvalue weighted by Gasteiger charge is 2.25. The Balaban J connectivity index is 3.97. The predicted molar refractivity (Wildman–Crippen MR) is 153 cm³/mol. The third-order valence-electron chi connectivity index (χ3n) is 7.81. The van der Waals surface area contributed by atoms with E-state index in [-0.39, 0.29) is 0 Å². The maximum absolute atomic E-state index is 2.87. The maximum atomic E-state index is 2.87. The summed E-state index contributed by atoms with van der Waals surface area (Å²) in [6, 6.07) is 0. The van der Waals surface area contributed by atoms with Gasteiger partial charge in [-0.15, -0.1) is 0 Å². The fourth-order valence-electron chi connectivity index (χ4n) is 5.26. The summed E-state index contributed by atoms with van der Waals surface area (Å²) >= 11 is 0. The van der Waals surface area contributed by atoms with Crippen molar-refractivity contribution in [3.63, 3.8) is 0 Å². The second-order valence-corrected chi connectivity index (χ2v) is 11.6. The number of hydrogen-bond donors (Lipinski definition) is 0. The Morgan fingerprint density at radius 2 is 0.636 bits per heavy atom. The molecule has 0 unspecified atom stereocenters. The first-order chi connectivity index (χ1) is 16.1. The van der Waals surface area contributed by atoms with Crippen LogP contribution in [0.5, 0.6) is 0 Å². The van der Waals surface area contributed by atoms with Crippen molar-refractivity contribution in [1.29, 1.82) is 0 Å². The van der Waals surface area contributed by atoms with E-state index in [0.29, 0.717) is 5.54 Å². The van der Waals surface area contributed by atoms with Crippen LogP contribution in [-0.4, -0.2) is 23.5 Å². The first-order valence-corrected chi connectivity index (χ1v) is 15.8. The van der Waals surface area contributed by atoms with Gasteiger partial charge in [-0.2, -0.15) is 0 Å². The number of rotatable bonds is 27. The molecule has 0 radical (unpaired) electrons. The van der Waals surface area contributed by atoms with Crippen LogP contribution in [-0.2, 0) is 0 Å². The quantitative estimate of drug-likeness (QED) is 0.109. The van der Waals surface area contributed by atoms with Crippen LogP contribution in [0.25, 0.3) is 0 Å². The molecule has 0 atom stereocenters. The highest BCUT2D eigenvalue weighted by Crippen LogP contribution is 2.25. The van der Waals surface area contributed by atoms with Gasteiger partial charge >= 0.3 is 0 Å².